The summed E-state index contributed by atoms with van der Waals surface area (Å²) in [7, 11) is 1.65. The fraction of sp³-hybridized carbons (Fsp3) is 0.667. The third kappa shape index (κ3) is 4.24. The zero-order valence-electron chi connectivity index (χ0n) is 15.4. The summed E-state index contributed by atoms with van der Waals surface area (Å²) in [6.07, 6.45) is 1.36. The van der Waals surface area contributed by atoms with E-state index in [0.29, 0.717) is 13.2 Å². The molecule has 6 nitrogen and oxygen atoms in total. The number of aromatic nitrogens is 1. The van der Waals surface area contributed by atoms with Crippen molar-refractivity contribution in [3.05, 3.63) is 30.1 Å². The van der Waals surface area contributed by atoms with Crippen molar-refractivity contribution < 1.29 is 19.0 Å². The van der Waals surface area contributed by atoms with E-state index >= 15 is 0 Å². The molecule has 1 aliphatic heterocycles. The number of carbonyl (C=O) groups is 1. The predicted molar refractivity (Wildman–Crippen MR) is 90.7 cm³/mol. The maximum Gasteiger partial charge on any atom is 0.412 e. The molecule has 0 unspecified atom stereocenters. The number of pyridine rings is 1. The lowest BCUT2D eigenvalue weighted by Crippen LogP contribution is -2.52. The Hall–Kier alpha value is -1.66. The van der Waals surface area contributed by atoms with E-state index in [1.165, 1.54) is 0 Å². The molecule has 6 heteroatoms. The molecule has 0 bridgehead atoms. The molecule has 0 aromatic carbocycles. The van der Waals surface area contributed by atoms with Crippen molar-refractivity contribution >= 4 is 6.09 Å². The molecule has 0 saturated carbocycles. The first kappa shape index (κ1) is 18.7. The lowest BCUT2D eigenvalue weighted by atomic mass is 9.95. The Kier molecular flexibility index (Phi) is 5.50. The average Bonchev–Trinajstić information content (AvgIpc) is 2.79. The number of hydrogen-bond donors (Lipinski definition) is 0. The van der Waals surface area contributed by atoms with E-state index in [1.54, 1.807) is 18.2 Å². The number of carbonyl (C=O) groups excluding carboxylic acids is 1. The highest BCUT2D eigenvalue weighted by Gasteiger charge is 2.49. The van der Waals surface area contributed by atoms with Crippen LogP contribution >= 0.6 is 0 Å². The Morgan fingerprint density at radius 1 is 1.46 bits per heavy atom. The van der Waals surface area contributed by atoms with Crippen LogP contribution in [0.25, 0.3) is 0 Å². The van der Waals surface area contributed by atoms with Gasteiger partial charge in [0, 0.05) is 24.9 Å². The van der Waals surface area contributed by atoms with Crippen LogP contribution in [0, 0.1) is 0 Å². The monoisotopic (exact) mass is 336 g/mol. The highest BCUT2D eigenvalue weighted by atomic mass is 16.6. The predicted octanol–water partition coefficient (Wildman–Crippen LogP) is 3.18. The highest BCUT2D eigenvalue weighted by molar-refractivity contribution is 5.70. The minimum absolute atomic E-state index is 0.0921. The summed E-state index contributed by atoms with van der Waals surface area (Å²) in [5, 5.41) is 0. The standard InChI is InChI=1S/C18H28N2O4/c1-17(2,3)24-16(21)20-15(12-23-18(20,4)5)13(11-22-6)14-9-7-8-10-19-14/h7-10,13,15H,11-12H2,1-6H3/t13-,15-/m0/s1. The first-order chi connectivity index (χ1) is 11.2. The summed E-state index contributed by atoms with van der Waals surface area (Å²) >= 11 is 0. The number of methoxy groups -OCH3 is 1. The van der Waals surface area contributed by atoms with Gasteiger partial charge in [-0.15, -0.1) is 0 Å². The molecule has 0 N–H and O–H groups in total. The van der Waals surface area contributed by atoms with Crippen molar-refractivity contribution in [2.45, 2.75) is 57.9 Å². The van der Waals surface area contributed by atoms with Crippen LogP contribution in [0.5, 0.6) is 0 Å². The van der Waals surface area contributed by atoms with Crippen LogP contribution in [-0.2, 0) is 14.2 Å². The highest BCUT2D eigenvalue weighted by Crippen LogP contribution is 2.36. The van der Waals surface area contributed by atoms with Crippen molar-refractivity contribution in [2.24, 2.45) is 0 Å². The Balaban J connectivity index is 2.32. The molecule has 2 atom stereocenters. The van der Waals surface area contributed by atoms with Crippen molar-refractivity contribution in [3.63, 3.8) is 0 Å². The van der Waals surface area contributed by atoms with Crippen LogP contribution in [0.15, 0.2) is 24.4 Å². The summed E-state index contributed by atoms with van der Waals surface area (Å²) in [4.78, 5) is 18.9. The van der Waals surface area contributed by atoms with E-state index in [0.717, 1.165) is 5.69 Å². The van der Waals surface area contributed by atoms with Gasteiger partial charge in [0.1, 0.15) is 11.3 Å². The minimum atomic E-state index is -0.742. The fourth-order valence-corrected chi connectivity index (χ4v) is 2.96. The molecule has 134 valence electrons. The largest absolute Gasteiger partial charge is 0.444 e. The number of nitrogens with zero attached hydrogens (tertiary/aromatic N) is 2. The zero-order chi connectivity index (χ0) is 18.0. The van der Waals surface area contributed by atoms with Gasteiger partial charge in [-0.25, -0.2) is 4.79 Å². The molecule has 1 aliphatic rings. The van der Waals surface area contributed by atoms with E-state index in [1.807, 2.05) is 52.8 Å². The molecular formula is C18H28N2O4. The number of ether oxygens (including phenoxy) is 3. The Labute approximate surface area is 144 Å². The number of hydrogen-bond acceptors (Lipinski definition) is 5. The minimum Gasteiger partial charge on any atom is -0.444 e. The normalized spacial score (nSPS) is 21.6. The smallest absolute Gasteiger partial charge is 0.412 e. The Bertz CT molecular complexity index is 554. The van der Waals surface area contributed by atoms with Gasteiger partial charge in [-0.2, -0.15) is 0 Å². The molecule has 1 amide bonds. The van der Waals surface area contributed by atoms with Gasteiger partial charge in [0.2, 0.25) is 0 Å². The second-order valence-corrected chi connectivity index (χ2v) is 7.49. The van der Waals surface area contributed by atoms with Crippen molar-refractivity contribution in [1.29, 1.82) is 0 Å². The van der Waals surface area contributed by atoms with Gasteiger partial charge in [-0.05, 0) is 46.8 Å². The van der Waals surface area contributed by atoms with Gasteiger partial charge in [0.05, 0.1) is 19.3 Å². The van der Waals surface area contributed by atoms with E-state index in [2.05, 4.69) is 4.98 Å². The molecule has 1 saturated heterocycles. The second-order valence-electron chi connectivity index (χ2n) is 7.49. The van der Waals surface area contributed by atoms with Gasteiger partial charge >= 0.3 is 6.09 Å². The molecule has 24 heavy (non-hydrogen) atoms. The van der Waals surface area contributed by atoms with E-state index < -0.39 is 11.3 Å². The SMILES string of the molecule is COC[C@@H](c1ccccn1)[C@@H]1COC(C)(C)N1C(=O)OC(C)(C)C. The third-order valence-corrected chi connectivity index (χ3v) is 3.99. The van der Waals surface area contributed by atoms with Crippen molar-refractivity contribution in [2.75, 3.05) is 20.3 Å². The van der Waals surface area contributed by atoms with Crippen LogP contribution in [0.2, 0.25) is 0 Å². The lowest BCUT2D eigenvalue weighted by Gasteiger charge is -2.37. The first-order valence-electron chi connectivity index (χ1n) is 8.22. The fourth-order valence-electron chi connectivity index (χ4n) is 2.96. The Morgan fingerprint density at radius 3 is 2.71 bits per heavy atom. The van der Waals surface area contributed by atoms with Gasteiger partial charge in [-0.3, -0.25) is 9.88 Å². The van der Waals surface area contributed by atoms with Gasteiger partial charge < -0.3 is 14.2 Å². The second kappa shape index (κ2) is 7.07. The van der Waals surface area contributed by atoms with E-state index in [4.69, 9.17) is 14.2 Å². The summed E-state index contributed by atoms with van der Waals surface area (Å²) in [6, 6.07) is 5.55. The van der Waals surface area contributed by atoms with Gasteiger partial charge in [0.15, 0.2) is 0 Å². The molecule has 0 spiro atoms. The maximum absolute atomic E-state index is 12.8. The first-order valence-corrected chi connectivity index (χ1v) is 8.22. The molecule has 2 heterocycles. The molecule has 2 rings (SSSR count). The number of amides is 1. The van der Waals surface area contributed by atoms with Crippen molar-refractivity contribution in [1.82, 2.24) is 9.88 Å². The third-order valence-electron chi connectivity index (χ3n) is 3.99. The summed E-state index contributed by atoms with van der Waals surface area (Å²) in [5.74, 6) is -0.0921. The summed E-state index contributed by atoms with van der Waals surface area (Å²) in [6.45, 7) is 10.2. The van der Waals surface area contributed by atoms with E-state index in [9.17, 15) is 4.79 Å². The molecule has 1 aromatic rings. The maximum atomic E-state index is 12.8. The van der Waals surface area contributed by atoms with Crippen LogP contribution in [0.4, 0.5) is 4.79 Å². The van der Waals surface area contributed by atoms with Gasteiger partial charge in [0.25, 0.3) is 0 Å². The number of rotatable bonds is 4. The van der Waals surface area contributed by atoms with Crippen LogP contribution in [0.3, 0.4) is 0 Å². The topological polar surface area (TPSA) is 60.9 Å². The summed E-state index contributed by atoms with van der Waals surface area (Å²) < 4.78 is 16.9. The van der Waals surface area contributed by atoms with Gasteiger partial charge in [-0.1, -0.05) is 6.07 Å². The Morgan fingerprint density at radius 2 is 2.17 bits per heavy atom. The zero-order valence-corrected chi connectivity index (χ0v) is 15.4. The molecule has 0 radical (unpaired) electrons. The van der Waals surface area contributed by atoms with Crippen molar-refractivity contribution in [3.8, 4) is 0 Å². The molecule has 1 fully saturated rings. The molecule has 1 aromatic heterocycles. The van der Waals surface area contributed by atoms with Crippen LogP contribution in [0.1, 0.15) is 46.2 Å². The lowest BCUT2D eigenvalue weighted by molar-refractivity contribution is -0.0640. The van der Waals surface area contributed by atoms with E-state index in [-0.39, 0.29) is 18.1 Å². The average molecular weight is 336 g/mol. The molecular weight excluding hydrogens is 308 g/mol. The molecule has 0 aliphatic carbocycles. The van der Waals surface area contributed by atoms with Crippen LogP contribution < -0.4 is 0 Å². The quantitative estimate of drug-likeness (QED) is 0.845. The van der Waals surface area contributed by atoms with Crippen LogP contribution in [-0.4, -0.2) is 53.7 Å². The summed E-state index contributed by atoms with van der Waals surface area (Å²) in [5.41, 5.74) is -0.435.